The summed E-state index contributed by atoms with van der Waals surface area (Å²) in [6.07, 6.45) is 2.24. The van der Waals surface area contributed by atoms with Gasteiger partial charge in [-0.3, -0.25) is 34.3 Å². The molecule has 11 heteroatoms. The second kappa shape index (κ2) is 14.2. The number of fused-ring (bicyclic) bond motifs is 4. The number of phenols is 1. The molecule has 0 bridgehead atoms. The van der Waals surface area contributed by atoms with Gasteiger partial charge in [0, 0.05) is 27.1 Å². The highest BCUT2D eigenvalue weighted by molar-refractivity contribution is 9.10. The molecule has 4 aliphatic rings. The van der Waals surface area contributed by atoms with E-state index < -0.39 is 52.7 Å². The molecule has 4 amide bonds. The highest BCUT2D eigenvalue weighted by Gasteiger charge is 2.70. The number of nitrogens with zero attached hydrogens (tertiary/aromatic N) is 2. The third kappa shape index (κ3) is 5.62. The van der Waals surface area contributed by atoms with Crippen LogP contribution < -0.4 is 15.1 Å². The summed E-state index contributed by atoms with van der Waals surface area (Å²) in [5.41, 5.74) is 5.98. The molecular formula is C47H38BrN3O7. The normalized spacial score (nSPS) is 24.9. The van der Waals surface area contributed by atoms with Gasteiger partial charge in [-0.05, 0) is 79.8 Å². The molecule has 10 nitrogen and oxygen atoms in total. The van der Waals surface area contributed by atoms with Crippen molar-refractivity contribution in [1.29, 1.82) is 0 Å². The minimum Gasteiger partial charge on any atom is -0.504 e. The quantitative estimate of drug-likeness (QED) is 0.0917. The van der Waals surface area contributed by atoms with Crippen LogP contribution in [0.3, 0.4) is 0 Å². The molecule has 5 aromatic rings. The number of benzene rings is 5. The van der Waals surface area contributed by atoms with Crippen molar-refractivity contribution in [3.05, 3.63) is 165 Å². The molecular weight excluding hydrogens is 798 g/mol. The number of carbonyl (C=O) groups is 5. The average molecular weight is 837 g/mol. The molecule has 2 aliphatic carbocycles. The van der Waals surface area contributed by atoms with Crippen molar-refractivity contribution >= 4 is 56.7 Å². The lowest BCUT2D eigenvalue weighted by Gasteiger charge is -2.50. The van der Waals surface area contributed by atoms with Gasteiger partial charge in [-0.25, -0.2) is 0 Å². The smallest absolute Gasteiger partial charge is 0.260 e. The minimum absolute atomic E-state index is 0.0956. The van der Waals surface area contributed by atoms with Crippen molar-refractivity contribution in [2.24, 2.45) is 23.7 Å². The Hall–Kier alpha value is -6.33. The molecule has 9 rings (SSSR count). The first-order valence-electron chi connectivity index (χ1n) is 19.2. The standard InChI is InChI=1S/C47H38BrN3O7/c1-26-13-17-31(18-14-26)49-51-44(55)37-25-35-33(40(36-23-30(48)24-38(58-2)42(36)53)47(37,46(51)57)29-11-7-4-8-12-29)21-22-34-39(35)45(56)50(43(34)54)32-19-15-28(16-20-32)41(52)27-9-5-3-6-10-27/h3-21,23-24,34-35,37,39-40,49,53H,22,25H2,1-2H3. The maximum Gasteiger partial charge on any atom is 0.260 e. The van der Waals surface area contributed by atoms with Gasteiger partial charge in [0.25, 0.3) is 11.8 Å². The van der Waals surface area contributed by atoms with Crippen LogP contribution in [0.15, 0.2) is 137 Å². The Morgan fingerprint density at radius 3 is 2.14 bits per heavy atom. The van der Waals surface area contributed by atoms with E-state index in [0.29, 0.717) is 43.7 Å². The van der Waals surface area contributed by atoms with Crippen LogP contribution in [0.5, 0.6) is 11.5 Å². The molecule has 2 heterocycles. The van der Waals surface area contributed by atoms with Gasteiger partial charge in [0.05, 0.1) is 41.7 Å². The monoisotopic (exact) mass is 835 g/mol. The number of ketones is 1. The molecule has 0 spiro atoms. The van der Waals surface area contributed by atoms with Gasteiger partial charge in [0.1, 0.15) is 0 Å². The molecule has 58 heavy (non-hydrogen) atoms. The van der Waals surface area contributed by atoms with E-state index in [-0.39, 0.29) is 36.0 Å². The van der Waals surface area contributed by atoms with Gasteiger partial charge in [-0.15, -0.1) is 0 Å². The van der Waals surface area contributed by atoms with Gasteiger partial charge in [0.2, 0.25) is 11.8 Å². The van der Waals surface area contributed by atoms with Crippen LogP contribution in [-0.4, -0.2) is 46.6 Å². The van der Waals surface area contributed by atoms with E-state index in [1.165, 1.54) is 12.0 Å². The number of methoxy groups -OCH3 is 1. The van der Waals surface area contributed by atoms with Crippen molar-refractivity contribution in [2.75, 3.05) is 17.4 Å². The molecule has 2 saturated heterocycles. The summed E-state index contributed by atoms with van der Waals surface area (Å²) in [4.78, 5) is 73.9. The Morgan fingerprint density at radius 1 is 0.810 bits per heavy atom. The molecule has 290 valence electrons. The van der Waals surface area contributed by atoms with E-state index >= 15 is 4.79 Å². The summed E-state index contributed by atoms with van der Waals surface area (Å²) in [6, 6.07) is 35.2. The van der Waals surface area contributed by atoms with Gasteiger partial charge < -0.3 is 9.84 Å². The Labute approximate surface area is 343 Å². The number of ether oxygens (including phenoxy) is 1. The average Bonchev–Trinajstić information content (AvgIpc) is 3.63. The zero-order valence-corrected chi connectivity index (χ0v) is 33.2. The van der Waals surface area contributed by atoms with Crippen molar-refractivity contribution in [1.82, 2.24) is 5.01 Å². The van der Waals surface area contributed by atoms with E-state index in [0.717, 1.165) is 10.6 Å². The summed E-state index contributed by atoms with van der Waals surface area (Å²) < 4.78 is 6.19. The van der Waals surface area contributed by atoms with Crippen molar-refractivity contribution in [3.63, 3.8) is 0 Å². The predicted molar refractivity (Wildman–Crippen MR) is 220 cm³/mol. The minimum atomic E-state index is -1.57. The first-order chi connectivity index (χ1) is 28.0. The zero-order chi connectivity index (χ0) is 40.5. The Balaban J connectivity index is 1.17. The van der Waals surface area contributed by atoms with Gasteiger partial charge >= 0.3 is 0 Å². The van der Waals surface area contributed by atoms with Crippen molar-refractivity contribution in [3.8, 4) is 11.5 Å². The lowest BCUT2D eigenvalue weighted by Crippen LogP contribution is -2.53. The number of nitrogens with one attached hydrogen (secondary N) is 1. The molecule has 3 fully saturated rings. The number of aromatic hydroxyl groups is 1. The highest BCUT2D eigenvalue weighted by atomic mass is 79.9. The summed E-state index contributed by atoms with van der Waals surface area (Å²) in [7, 11) is 1.44. The SMILES string of the molecule is COc1cc(Br)cc(C2C3=CCC4C(=O)N(c5ccc(C(=O)c6ccccc6)cc5)C(=O)C4C3CC3C(=O)N(Nc4ccc(C)cc4)C(=O)C32c2ccccc2)c1O. The lowest BCUT2D eigenvalue weighted by molar-refractivity contribution is -0.138. The molecule has 5 aromatic carbocycles. The third-order valence-corrected chi connectivity index (χ3v) is 12.9. The maximum atomic E-state index is 15.4. The number of phenolic OH excluding ortho intramolecular Hbond substituents is 1. The third-order valence-electron chi connectivity index (χ3n) is 12.4. The molecule has 2 N–H and O–H groups in total. The number of anilines is 2. The summed E-state index contributed by atoms with van der Waals surface area (Å²) >= 11 is 3.59. The van der Waals surface area contributed by atoms with Crippen molar-refractivity contribution < 1.29 is 33.8 Å². The van der Waals surface area contributed by atoms with E-state index in [4.69, 9.17) is 4.74 Å². The number of aryl methyl sites for hydroxylation is 1. The first-order valence-corrected chi connectivity index (χ1v) is 19.9. The fourth-order valence-electron chi connectivity index (χ4n) is 9.83. The van der Waals surface area contributed by atoms with Crippen molar-refractivity contribution in [2.45, 2.75) is 31.1 Å². The Bertz CT molecular complexity index is 2540. The van der Waals surface area contributed by atoms with Crippen LogP contribution in [0.4, 0.5) is 11.4 Å². The largest absolute Gasteiger partial charge is 0.504 e. The van der Waals surface area contributed by atoms with Crippen LogP contribution in [0.1, 0.15) is 51.4 Å². The number of amides is 4. The van der Waals surface area contributed by atoms with E-state index in [1.54, 1.807) is 72.8 Å². The van der Waals surface area contributed by atoms with Crippen LogP contribution >= 0.6 is 15.9 Å². The van der Waals surface area contributed by atoms with E-state index in [9.17, 15) is 24.3 Å². The summed E-state index contributed by atoms with van der Waals surface area (Å²) in [6.45, 7) is 1.94. The van der Waals surface area contributed by atoms with Gasteiger partial charge in [-0.1, -0.05) is 106 Å². The number of halogens is 1. The number of allylic oxidation sites excluding steroid dienone is 2. The number of rotatable bonds is 8. The lowest BCUT2D eigenvalue weighted by atomic mass is 9.49. The number of hydrogen-bond donors (Lipinski definition) is 2. The number of carbonyl (C=O) groups excluding carboxylic acids is 5. The second-order valence-electron chi connectivity index (χ2n) is 15.4. The highest BCUT2D eigenvalue weighted by Crippen LogP contribution is 2.65. The summed E-state index contributed by atoms with van der Waals surface area (Å²) in [5, 5.41) is 13.1. The Kier molecular flexibility index (Phi) is 9.15. The molecule has 6 atom stereocenters. The molecule has 0 radical (unpaired) electrons. The fourth-order valence-corrected chi connectivity index (χ4v) is 10.3. The molecule has 2 aliphatic heterocycles. The molecule has 0 aromatic heterocycles. The van der Waals surface area contributed by atoms with Crippen LogP contribution in [0.2, 0.25) is 0 Å². The number of hydrogen-bond acceptors (Lipinski definition) is 8. The Morgan fingerprint density at radius 2 is 1.47 bits per heavy atom. The predicted octanol–water partition coefficient (Wildman–Crippen LogP) is 7.89. The fraction of sp³-hybridized carbons (Fsp3) is 0.213. The number of hydrazine groups is 1. The summed E-state index contributed by atoms with van der Waals surface area (Å²) in [5.74, 6) is -6.15. The van der Waals surface area contributed by atoms with Crippen LogP contribution in [-0.2, 0) is 24.6 Å². The van der Waals surface area contributed by atoms with Gasteiger partial charge in [-0.2, -0.15) is 5.01 Å². The van der Waals surface area contributed by atoms with Crippen LogP contribution in [0.25, 0.3) is 0 Å². The van der Waals surface area contributed by atoms with E-state index in [2.05, 4.69) is 21.4 Å². The zero-order valence-electron chi connectivity index (χ0n) is 31.6. The van der Waals surface area contributed by atoms with Gasteiger partial charge in [0.15, 0.2) is 17.3 Å². The van der Waals surface area contributed by atoms with E-state index in [1.807, 2.05) is 61.5 Å². The molecule has 6 unspecified atom stereocenters. The number of imide groups is 2. The molecule has 1 saturated carbocycles. The van der Waals surface area contributed by atoms with Crippen LogP contribution in [0, 0.1) is 30.6 Å². The second-order valence-corrected chi connectivity index (χ2v) is 16.3. The topological polar surface area (TPSA) is 133 Å². The first kappa shape index (κ1) is 37.3. The maximum absolute atomic E-state index is 15.4.